The molecule has 1 fully saturated rings. The van der Waals surface area contributed by atoms with Gasteiger partial charge in [0.2, 0.25) is 0 Å². The Morgan fingerprint density at radius 3 is 2.69 bits per heavy atom. The maximum atomic E-state index is 12.2. The molecule has 1 unspecified atom stereocenters. The van der Waals surface area contributed by atoms with Gasteiger partial charge in [0, 0.05) is 31.0 Å². The molecule has 26 heavy (non-hydrogen) atoms. The largest absolute Gasteiger partial charge is 0.442 e. The Balaban J connectivity index is 1.38. The van der Waals surface area contributed by atoms with Gasteiger partial charge < -0.3 is 19.5 Å². The van der Waals surface area contributed by atoms with E-state index in [1.54, 1.807) is 11.0 Å². The van der Waals surface area contributed by atoms with Crippen molar-refractivity contribution in [1.29, 1.82) is 0 Å². The Labute approximate surface area is 150 Å². The molecule has 1 amide bonds. The van der Waals surface area contributed by atoms with E-state index in [9.17, 15) is 4.79 Å². The molecule has 2 aromatic rings. The molecule has 1 saturated heterocycles. The van der Waals surface area contributed by atoms with E-state index in [1.165, 1.54) is 6.26 Å². The topological polar surface area (TPSA) is 86.4 Å². The standard InChI is InChI=1S/C17H20N6O3/c1-21-7-8-22(12-19-21)13-2-4-14(5-3-13)23-11-15(26-17(23)24)10-18-16-6-9-25-20-16/h2-6,9,12,15H,7-8,10-11H2,1H3,(H,18,20). The summed E-state index contributed by atoms with van der Waals surface area (Å²) in [6.45, 7) is 2.71. The van der Waals surface area contributed by atoms with Gasteiger partial charge in [0.25, 0.3) is 0 Å². The van der Waals surface area contributed by atoms with Crippen LogP contribution in [0, 0.1) is 0 Å². The van der Waals surface area contributed by atoms with Gasteiger partial charge in [0.05, 0.1) is 19.6 Å². The lowest BCUT2D eigenvalue weighted by molar-refractivity contribution is 0.147. The predicted octanol–water partition coefficient (Wildman–Crippen LogP) is 1.81. The van der Waals surface area contributed by atoms with Crippen molar-refractivity contribution in [3.63, 3.8) is 0 Å². The number of aromatic nitrogens is 1. The van der Waals surface area contributed by atoms with Gasteiger partial charge in [-0.3, -0.25) is 9.91 Å². The minimum absolute atomic E-state index is 0.247. The van der Waals surface area contributed by atoms with Crippen LogP contribution in [0.1, 0.15) is 0 Å². The summed E-state index contributed by atoms with van der Waals surface area (Å²) in [6.07, 6.45) is 2.71. The first-order valence-electron chi connectivity index (χ1n) is 8.43. The number of hydrogen-bond acceptors (Lipinski definition) is 8. The summed E-state index contributed by atoms with van der Waals surface area (Å²) >= 11 is 0. The number of hydrogen-bond donors (Lipinski definition) is 1. The number of carbonyl (C=O) groups is 1. The lowest BCUT2D eigenvalue weighted by Gasteiger charge is -2.27. The molecule has 9 heteroatoms. The number of amides is 1. The zero-order chi connectivity index (χ0) is 17.9. The lowest BCUT2D eigenvalue weighted by Crippen LogP contribution is -2.36. The minimum atomic E-state index is -0.342. The minimum Gasteiger partial charge on any atom is -0.442 e. The van der Waals surface area contributed by atoms with Crippen LogP contribution in [-0.2, 0) is 4.74 Å². The quantitative estimate of drug-likeness (QED) is 0.874. The molecule has 3 heterocycles. The Bertz CT molecular complexity index is 776. The van der Waals surface area contributed by atoms with E-state index < -0.39 is 0 Å². The Morgan fingerprint density at radius 1 is 1.19 bits per heavy atom. The number of carbonyl (C=O) groups excluding carboxylic acids is 1. The van der Waals surface area contributed by atoms with Crippen LogP contribution < -0.4 is 15.1 Å². The summed E-state index contributed by atoms with van der Waals surface area (Å²) in [5.74, 6) is 0.623. The van der Waals surface area contributed by atoms with Crippen LogP contribution in [-0.4, -0.2) is 61.9 Å². The highest BCUT2D eigenvalue weighted by Crippen LogP contribution is 2.25. The normalized spacial score (nSPS) is 19.8. The number of cyclic esters (lactones) is 1. The molecule has 2 aliphatic heterocycles. The van der Waals surface area contributed by atoms with Crippen LogP contribution in [0.25, 0.3) is 0 Å². The lowest BCUT2D eigenvalue weighted by atomic mass is 10.2. The molecule has 0 bridgehead atoms. The van der Waals surface area contributed by atoms with Crippen molar-refractivity contribution < 1.29 is 14.1 Å². The van der Waals surface area contributed by atoms with Crippen molar-refractivity contribution in [2.24, 2.45) is 5.10 Å². The van der Waals surface area contributed by atoms with Crippen molar-refractivity contribution in [3.8, 4) is 0 Å². The van der Waals surface area contributed by atoms with Crippen molar-refractivity contribution in [2.75, 3.05) is 48.3 Å². The number of nitrogens with zero attached hydrogens (tertiary/aromatic N) is 5. The molecule has 4 rings (SSSR count). The molecule has 0 saturated carbocycles. The number of benzene rings is 1. The van der Waals surface area contributed by atoms with Crippen LogP contribution in [0.15, 0.2) is 46.2 Å². The van der Waals surface area contributed by atoms with Crippen molar-refractivity contribution in [1.82, 2.24) is 10.2 Å². The zero-order valence-corrected chi connectivity index (χ0v) is 14.4. The van der Waals surface area contributed by atoms with Gasteiger partial charge in [-0.25, -0.2) is 4.79 Å². The number of hydrazone groups is 1. The highest BCUT2D eigenvalue weighted by Gasteiger charge is 2.32. The van der Waals surface area contributed by atoms with E-state index in [1.807, 2.05) is 42.7 Å². The van der Waals surface area contributed by atoms with Gasteiger partial charge >= 0.3 is 6.09 Å². The highest BCUT2D eigenvalue weighted by molar-refractivity contribution is 5.90. The first-order chi connectivity index (χ1) is 12.7. The van der Waals surface area contributed by atoms with Gasteiger partial charge in [-0.2, -0.15) is 5.10 Å². The third-order valence-corrected chi connectivity index (χ3v) is 4.37. The Kier molecular flexibility index (Phi) is 4.34. The van der Waals surface area contributed by atoms with Gasteiger partial charge in [-0.05, 0) is 24.3 Å². The van der Waals surface area contributed by atoms with Crippen LogP contribution in [0.5, 0.6) is 0 Å². The van der Waals surface area contributed by atoms with E-state index in [4.69, 9.17) is 9.26 Å². The van der Waals surface area contributed by atoms with Gasteiger partial charge in [0.15, 0.2) is 5.82 Å². The summed E-state index contributed by atoms with van der Waals surface area (Å²) < 4.78 is 10.2. The fourth-order valence-electron chi connectivity index (χ4n) is 2.90. The molecule has 136 valence electrons. The number of rotatable bonds is 5. The van der Waals surface area contributed by atoms with Crippen LogP contribution in [0.3, 0.4) is 0 Å². The summed E-state index contributed by atoms with van der Waals surface area (Å²) in [7, 11) is 1.95. The molecular weight excluding hydrogens is 336 g/mol. The summed E-state index contributed by atoms with van der Waals surface area (Å²) in [4.78, 5) is 15.9. The average Bonchev–Trinajstić information content (AvgIpc) is 3.30. The number of likely N-dealkylation sites (N-methyl/N-ethyl adjacent to an activating group) is 1. The molecular formula is C17H20N6O3. The van der Waals surface area contributed by atoms with E-state index in [2.05, 4.69) is 20.5 Å². The van der Waals surface area contributed by atoms with E-state index in [0.29, 0.717) is 18.9 Å². The SMILES string of the molecule is CN1CCN(c2ccc(N3CC(CNc4ccon4)OC3=O)cc2)C=N1. The number of anilines is 3. The third kappa shape index (κ3) is 3.41. The van der Waals surface area contributed by atoms with E-state index >= 15 is 0 Å². The number of ether oxygens (including phenoxy) is 1. The van der Waals surface area contributed by atoms with E-state index in [0.717, 1.165) is 24.5 Å². The molecule has 9 nitrogen and oxygen atoms in total. The smallest absolute Gasteiger partial charge is 0.414 e. The second kappa shape index (κ2) is 6.95. The Hall–Kier alpha value is -3.23. The molecule has 2 aliphatic rings. The van der Waals surface area contributed by atoms with Crippen molar-refractivity contribution in [3.05, 3.63) is 36.6 Å². The molecule has 1 N–H and O–H groups in total. The van der Waals surface area contributed by atoms with Gasteiger partial charge in [-0.1, -0.05) is 5.16 Å². The fraction of sp³-hybridized carbons (Fsp3) is 0.353. The van der Waals surface area contributed by atoms with Crippen LogP contribution >= 0.6 is 0 Å². The van der Waals surface area contributed by atoms with Crippen molar-refractivity contribution in [2.45, 2.75) is 6.10 Å². The maximum absolute atomic E-state index is 12.2. The molecule has 0 aliphatic carbocycles. The summed E-state index contributed by atoms with van der Waals surface area (Å²) in [5.41, 5.74) is 1.86. The second-order valence-electron chi connectivity index (χ2n) is 6.20. The first kappa shape index (κ1) is 16.2. The van der Waals surface area contributed by atoms with Crippen LogP contribution in [0.2, 0.25) is 0 Å². The van der Waals surface area contributed by atoms with Crippen LogP contribution in [0.4, 0.5) is 22.0 Å². The zero-order valence-electron chi connectivity index (χ0n) is 14.4. The fourth-order valence-corrected chi connectivity index (χ4v) is 2.90. The van der Waals surface area contributed by atoms with Gasteiger partial charge in [0.1, 0.15) is 18.7 Å². The molecule has 0 radical (unpaired) electrons. The third-order valence-electron chi connectivity index (χ3n) is 4.37. The molecule has 1 atom stereocenters. The summed E-state index contributed by atoms with van der Waals surface area (Å²) in [5, 5.41) is 13.0. The molecule has 1 aromatic carbocycles. The first-order valence-corrected chi connectivity index (χ1v) is 8.43. The molecule has 1 aromatic heterocycles. The highest BCUT2D eigenvalue weighted by atomic mass is 16.6. The van der Waals surface area contributed by atoms with Crippen molar-refractivity contribution >= 4 is 29.6 Å². The van der Waals surface area contributed by atoms with E-state index in [-0.39, 0.29) is 12.2 Å². The maximum Gasteiger partial charge on any atom is 0.414 e. The monoisotopic (exact) mass is 356 g/mol. The Morgan fingerprint density at radius 2 is 2.00 bits per heavy atom. The predicted molar refractivity (Wildman–Crippen MR) is 97.5 cm³/mol. The molecule has 0 spiro atoms. The number of nitrogens with one attached hydrogen (secondary N) is 1. The summed E-state index contributed by atoms with van der Waals surface area (Å²) in [6, 6.07) is 9.54. The second-order valence-corrected chi connectivity index (χ2v) is 6.20. The van der Waals surface area contributed by atoms with Gasteiger partial charge in [-0.15, -0.1) is 0 Å². The average molecular weight is 356 g/mol.